The van der Waals surface area contributed by atoms with Gasteiger partial charge in [0.1, 0.15) is 0 Å². The lowest BCUT2D eigenvalue weighted by molar-refractivity contribution is -0.138. The maximum absolute atomic E-state index is 11.6. The smallest absolute Gasteiger partial charge is 0.305 e. The largest absolute Gasteiger partial charge is 0.481 e. The Balaban J connectivity index is 3.82. The molecule has 15 heavy (non-hydrogen) atoms. The Labute approximate surface area is 91.3 Å². The number of carboxylic acid groups (broad SMARTS) is 1. The third-order valence-corrected chi connectivity index (χ3v) is 2.32. The van der Waals surface area contributed by atoms with Crippen molar-refractivity contribution in [1.82, 2.24) is 4.90 Å². The van der Waals surface area contributed by atoms with Gasteiger partial charge in [-0.05, 0) is 13.3 Å². The van der Waals surface area contributed by atoms with Gasteiger partial charge >= 0.3 is 5.97 Å². The van der Waals surface area contributed by atoms with E-state index in [1.807, 2.05) is 6.92 Å². The highest BCUT2D eigenvalue weighted by Crippen LogP contribution is 2.03. The van der Waals surface area contributed by atoms with E-state index in [0.717, 1.165) is 19.3 Å². The monoisotopic (exact) mass is 215 g/mol. The van der Waals surface area contributed by atoms with Gasteiger partial charge in [0.25, 0.3) is 0 Å². The second kappa shape index (κ2) is 8.26. The molecule has 0 heterocycles. The molecule has 0 atom stereocenters. The Morgan fingerprint density at radius 3 is 2.27 bits per heavy atom. The zero-order valence-corrected chi connectivity index (χ0v) is 9.66. The van der Waals surface area contributed by atoms with E-state index < -0.39 is 5.97 Å². The van der Waals surface area contributed by atoms with Gasteiger partial charge in [0.2, 0.25) is 5.91 Å². The molecule has 0 aromatic carbocycles. The Hall–Kier alpha value is -1.06. The van der Waals surface area contributed by atoms with E-state index in [2.05, 4.69) is 6.92 Å². The first-order valence-electron chi connectivity index (χ1n) is 5.61. The molecule has 0 unspecified atom stereocenters. The van der Waals surface area contributed by atoms with Crippen molar-refractivity contribution in [2.24, 2.45) is 0 Å². The van der Waals surface area contributed by atoms with E-state index in [9.17, 15) is 9.59 Å². The molecule has 0 aromatic rings. The Morgan fingerprint density at radius 2 is 1.80 bits per heavy atom. The summed E-state index contributed by atoms with van der Waals surface area (Å²) in [6, 6.07) is 0. The van der Waals surface area contributed by atoms with Crippen LogP contribution >= 0.6 is 0 Å². The molecule has 1 N–H and O–H groups in total. The van der Waals surface area contributed by atoms with Crippen LogP contribution in [-0.2, 0) is 9.59 Å². The van der Waals surface area contributed by atoms with Crippen LogP contribution in [-0.4, -0.2) is 35.0 Å². The summed E-state index contributed by atoms with van der Waals surface area (Å²) in [5.41, 5.74) is 0. The van der Waals surface area contributed by atoms with Gasteiger partial charge in [-0.15, -0.1) is 0 Å². The van der Waals surface area contributed by atoms with Gasteiger partial charge < -0.3 is 10.0 Å². The van der Waals surface area contributed by atoms with E-state index in [0.29, 0.717) is 19.5 Å². The zero-order chi connectivity index (χ0) is 11.7. The minimum atomic E-state index is -0.852. The van der Waals surface area contributed by atoms with Crippen LogP contribution in [0.15, 0.2) is 0 Å². The standard InChI is InChI=1S/C11H21NO3/c1-3-5-6-7-10(13)12(4-2)9-8-11(14)15/h3-9H2,1-2H3,(H,14,15). The summed E-state index contributed by atoms with van der Waals surface area (Å²) >= 11 is 0. The van der Waals surface area contributed by atoms with Crippen molar-refractivity contribution in [2.45, 2.75) is 46.0 Å². The molecule has 0 bridgehead atoms. The molecule has 4 heteroatoms. The van der Waals surface area contributed by atoms with Crippen molar-refractivity contribution < 1.29 is 14.7 Å². The normalized spacial score (nSPS) is 10.0. The Kier molecular flexibility index (Phi) is 7.68. The molecule has 0 aliphatic rings. The lowest BCUT2D eigenvalue weighted by Crippen LogP contribution is -2.32. The van der Waals surface area contributed by atoms with Crippen LogP contribution in [0.5, 0.6) is 0 Å². The highest BCUT2D eigenvalue weighted by molar-refractivity contribution is 5.76. The maximum atomic E-state index is 11.6. The molecule has 0 saturated heterocycles. The minimum Gasteiger partial charge on any atom is -0.481 e. The number of unbranched alkanes of at least 4 members (excludes halogenated alkanes) is 2. The van der Waals surface area contributed by atoms with Crippen molar-refractivity contribution in [3.8, 4) is 0 Å². The first kappa shape index (κ1) is 13.9. The highest BCUT2D eigenvalue weighted by Gasteiger charge is 2.11. The maximum Gasteiger partial charge on any atom is 0.305 e. The number of hydrogen-bond acceptors (Lipinski definition) is 2. The van der Waals surface area contributed by atoms with Gasteiger partial charge in [-0.25, -0.2) is 0 Å². The lowest BCUT2D eigenvalue weighted by atomic mass is 10.2. The predicted octanol–water partition coefficient (Wildman–Crippen LogP) is 1.89. The molecule has 0 radical (unpaired) electrons. The summed E-state index contributed by atoms with van der Waals surface area (Å²) in [5.74, 6) is -0.776. The van der Waals surface area contributed by atoms with E-state index in [1.54, 1.807) is 4.90 Å². The fraction of sp³-hybridized carbons (Fsp3) is 0.818. The predicted molar refractivity (Wildman–Crippen MR) is 58.6 cm³/mol. The number of hydrogen-bond donors (Lipinski definition) is 1. The molecule has 0 saturated carbocycles. The average Bonchev–Trinajstić information content (AvgIpc) is 2.18. The van der Waals surface area contributed by atoms with E-state index in [4.69, 9.17) is 5.11 Å². The van der Waals surface area contributed by atoms with Crippen molar-refractivity contribution in [3.63, 3.8) is 0 Å². The number of carboxylic acids is 1. The number of aliphatic carboxylic acids is 1. The summed E-state index contributed by atoms with van der Waals surface area (Å²) in [6.45, 7) is 4.89. The second-order valence-corrected chi connectivity index (χ2v) is 3.57. The summed E-state index contributed by atoms with van der Waals surface area (Å²) in [7, 11) is 0. The van der Waals surface area contributed by atoms with Gasteiger partial charge in [-0.2, -0.15) is 0 Å². The van der Waals surface area contributed by atoms with Crippen LogP contribution in [0, 0.1) is 0 Å². The minimum absolute atomic E-state index is 0.0351. The van der Waals surface area contributed by atoms with Crippen molar-refractivity contribution >= 4 is 11.9 Å². The summed E-state index contributed by atoms with van der Waals surface area (Å²) in [5, 5.41) is 8.52. The summed E-state index contributed by atoms with van der Waals surface area (Å²) in [6.07, 6.45) is 3.63. The fourth-order valence-corrected chi connectivity index (χ4v) is 1.37. The van der Waals surface area contributed by atoms with Crippen LogP contribution in [0.4, 0.5) is 0 Å². The average molecular weight is 215 g/mol. The van der Waals surface area contributed by atoms with Gasteiger partial charge in [0.05, 0.1) is 6.42 Å². The molecule has 4 nitrogen and oxygen atoms in total. The van der Waals surface area contributed by atoms with Gasteiger partial charge in [0.15, 0.2) is 0 Å². The van der Waals surface area contributed by atoms with E-state index in [-0.39, 0.29) is 12.3 Å². The molecule has 1 amide bonds. The molecule has 88 valence electrons. The van der Waals surface area contributed by atoms with Crippen molar-refractivity contribution in [3.05, 3.63) is 0 Å². The topological polar surface area (TPSA) is 57.6 Å². The summed E-state index contributed by atoms with van der Waals surface area (Å²) in [4.78, 5) is 23.6. The van der Waals surface area contributed by atoms with Gasteiger partial charge in [-0.3, -0.25) is 9.59 Å². The van der Waals surface area contributed by atoms with Gasteiger partial charge in [-0.1, -0.05) is 19.8 Å². The number of carbonyl (C=O) groups is 2. The third kappa shape index (κ3) is 6.94. The highest BCUT2D eigenvalue weighted by atomic mass is 16.4. The molecule has 0 spiro atoms. The molecular weight excluding hydrogens is 194 g/mol. The van der Waals surface area contributed by atoms with E-state index in [1.165, 1.54) is 0 Å². The number of amides is 1. The van der Waals surface area contributed by atoms with Gasteiger partial charge in [0, 0.05) is 19.5 Å². The van der Waals surface area contributed by atoms with Crippen LogP contribution < -0.4 is 0 Å². The lowest BCUT2D eigenvalue weighted by Gasteiger charge is -2.19. The second-order valence-electron chi connectivity index (χ2n) is 3.57. The van der Waals surface area contributed by atoms with E-state index >= 15 is 0 Å². The quantitative estimate of drug-likeness (QED) is 0.629. The molecular formula is C11H21NO3. The third-order valence-electron chi connectivity index (χ3n) is 2.32. The fourth-order valence-electron chi connectivity index (χ4n) is 1.37. The molecule has 0 fully saturated rings. The van der Waals surface area contributed by atoms with Crippen LogP contribution in [0.2, 0.25) is 0 Å². The first-order valence-corrected chi connectivity index (χ1v) is 5.61. The van der Waals surface area contributed by atoms with Crippen LogP contribution in [0.3, 0.4) is 0 Å². The molecule has 0 rings (SSSR count). The van der Waals surface area contributed by atoms with Crippen LogP contribution in [0.25, 0.3) is 0 Å². The molecule has 0 aliphatic heterocycles. The zero-order valence-electron chi connectivity index (χ0n) is 9.66. The number of carbonyl (C=O) groups excluding carboxylic acids is 1. The number of nitrogens with zero attached hydrogens (tertiary/aromatic N) is 1. The van der Waals surface area contributed by atoms with Crippen molar-refractivity contribution in [2.75, 3.05) is 13.1 Å². The number of rotatable bonds is 8. The SMILES string of the molecule is CCCCCC(=O)N(CC)CCC(=O)O. The van der Waals surface area contributed by atoms with Crippen LogP contribution in [0.1, 0.15) is 46.0 Å². The van der Waals surface area contributed by atoms with Crippen molar-refractivity contribution in [1.29, 1.82) is 0 Å². The Morgan fingerprint density at radius 1 is 1.13 bits per heavy atom. The summed E-state index contributed by atoms with van der Waals surface area (Å²) < 4.78 is 0. The molecule has 0 aromatic heterocycles. The Bertz CT molecular complexity index is 204. The first-order chi connectivity index (χ1) is 7.11. The molecule has 0 aliphatic carbocycles.